The summed E-state index contributed by atoms with van der Waals surface area (Å²) in [5.41, 5.74) is 7.80. The van der Waals surface area contributed by atoms with Gasteiger partial charge in [0.1, 0.15) is 12.1 Å². The molecule has 6 nitrogen and oxygen atoms in total. The summed E-state index contributed by atoms with van der Waals surface area (Å²) in [6.45, 7) is 1.90. The molecule has 0 spiro atoms. The van der Waals surface area contributed by atoms with E-state index < -0.39 is 0 Å². The van der Waals surface area contributed by atoms with E-state index in [1.54, 1.807) is 10.6 Å². The summed E-state index contributed by atoms with van der Waals surface area (Å²) in [4.78, 5) is 12.5. The molecule has 0 aliphatic heterocycles. The summed E-state index contributed by atoms with van der Waals surface area (Å²) in [6.07, 6.45) is 1.39. The largest absolute Gasteiger partial charge is 0.479 e. The maximum atomic E-state index is 13.4. The summed E-state index contributed by atoms with van der Waals surface area (Å²) in [5, 5.41) is 0. The Hall–Kier alpha value is -2.70. The molecule has 1 unspecified atom stereocenters. The molecule has 21 heavy (non-hydrogen) atoms. The van der Waals surface area contributed by atoms with Crippen LogP contribution in [0.15, 0.2) is 30.6 Å². The highest BCUT2D eigenvalue weighted by Gasteiger charge is 2.19. The van der Waals surface area contributed by atoms with Crippen molar-refractivity contribution in [3.05, 3.63) is 42.0 Å². The Kier molecular flexibility index (Phi) is 3.17. The molecule has 108 valence electrons. The van der Waals surface area contributed by atoms with Crippen LogP contribution in [0.1, 0.15) is 18.5 Å². The molecule has 0 bridgehead atoms. The average Bonchev–Trinajstić information content (AvgIpc) is 2.82. The van der Waals surface area contributed by atoms with E-state index in [0.717, 1.165) is 5.56 Å². The minimum Gasteiger partial charge on any atom is -0.479 e. The number of benzene rings is 1. The lowest BCUT2D eigenvalue weighted by Crippen LogP contribution is -2.11. The van der Waals surface area contributed by atoms with Gasteiger partial charge in [-0.3, -0.25) is 4.57 Å². The molecular formula is C14H14FN5O. The molecule has 0 saturated heterocycles. The third-order valence-electron chi connectivity index (χ3n) is 3.38. The number of imidazole rings is 1. The second-order valence-electron chi connectivity index (χ2n) is 4.63. The molecule has 0 aliphatic rings. The van der Waals surface area contributed by atoms with Crippen LogP contribution in [0.3, 0.4) is 0 Å². The summed E-state index contributed by atoms with van der Waals surface area (Å²) in [5.74, 6) is 0.340. The number of hydrogen-bond donors (Lipinski definition) is 1. The standard InChI is InChI=1S/C14H14FN5O/c1-8(9-4-3-5-10(15)6-9)20-12-11(19-14(20)16)13(21-2)18-7-17-12/h3-8H,1-2H3,(H2,16,19). The number of halogens is 1. The number of anilines is 1. The lowest BCUT2D eigenvalue weighted by Gasteiger charge is -2.15. The van der Waals surface area contributed by atoms with E-state index in [0.29, 0.717) is 17.0 Å². The van der Waals surface area contributed by atoms with E-state index in [2.05, 4.69) is 15.0 Å². The van der Waals surface area contributed by atoms with Gasteiger partial charge >= 0.3 is 0 Å². The van der Waals surface area contributed by atoms with Crippen molar-refractivity contribution in [1.82, 2.24) is 19.5 Å². The van der Waals surface area contributed by atoms with Crippen molar-refractivity contribution in [3.63, 3.8) is 0 Å². The summed E-state index contributed by atoms with van der Waals surface area (Å²) in [6, 6.07) is 6.14. The Morgan fingerprint density at radius 2 is 2.14 bits per heavy atom. The number of ether oxygens (including phenoxy) is 1. The average molecular weight is 287 g/mol. The van der Waals surface area contributed by atoms with E-state index in [1.807, 2.05) is 13.0 Å². The van der Waals surface area contributed by atoms with Crippen LogP contribution in [0.4, 0.5) is 10.3 Å². The second-order valence-corrected chi connectivity index (χ2v) is 4.63. The zero-order valence-corrected chi connectivity index (χ0v) is 11.6. The second kappa shape index (κ2) is 5.01. The first kappa shape index (κ1) is 13.3. The van der Waals surface area contributed by atoms with Gasteiger partial charge in [0.05, 0.1) is 13.2 Å². The van der Waals surface area contributed by atoms with E-state index >= 15 is 0 Å². The molecular weight excluding hydrogens is 273 g/mol. The molecule has 0 amide bonds. The van der Waals surface area contributed by atoms with Gasteiger partial charge in [0.15, 0.2) is 11.2 Å². The van der Waals surface area contributed by atoms with Gasteiger partial charge in [-0.15, -0.1) is 0 Å². The first-order chi connectivity index (χ1) is 10.1. The quantitative estimate of drug-likeness (QED) is 0.798. The zero-order valence-electron chi connectivity index (χ0n) is 11.6. The molecule has 0 saturated carbocycles. The van der Waals surface area contributed by atoms with Crippen molar-refractivity contribution in [3.8, 4) is 5.88 Å². The fraction of sp³-hybridized carbons (Fsp3) is 0.214. The molecule has 0 radical (unpaired) electrons. The van der Waals surface area contributed by atoms with Crippen molar-refractivity contribution in [2.24, 2.45) is 0 Å². The SMILES string of the molecule is COc1ncnc2c1nc(N)n2C(C)c1cccc(F)c1. The number of nitrogens with zero attached hydrogens (tertiary/aromatic N) is 4. The maximum Gasteiger partial charge on any atom is 0.245 e. The monoisotopic (exact) mass is 287 g/mol. The summed E-state index contributed by atoms with van der Waals surface area (Å²) < 4.78 is 20.3. The van der Waals surface area contributed by atoms with Crippen LogP contribution in [0.2, 0.25) is 0 Å². The molecule has 0 fully saturated rings. The predicted octanol–water partition coefficient (Wildman–Crippen LogP) is 2.17. The van der Waals surface area contributed by atoms with Gasteiger partial charge in [-0.1, -0.05) is 12.1 Å². The predicted molar refractivity (Wildman–Crippen MR) is 76.5 cm³/mol. The Morgan fingerprint density at radius 1 is 1.33 bits per heavy atom. The van der Waals surface area contributed by atoms with Gasteiger partial charge in [-0.25, -0.2) is 14.4 Å². The van der Waals surface area contributed by atoms with Gasteiger partial charge < -0.3 is 10.5 Å². The number of nitrogens with two attached hydrogens (primary N) is 1. The topological polar surface area (TPSA) is 78.8 Å². The molecule has 3 rings (SSSR count). The van der Waals surface area contributed by atoms with Crippen LogP contribution < -0.4 is 10.5 Å². The van der Waals surface area contributed by atoms with Crippen molar-refractivity contribution >= 4 is 17.1 Å². The van der Waals surface area contributed by atoms with Crippen molar-refractivity contribution in [2.75, 3.05) is 12.8 Å². The normalized spacial score (nSPS) is 12.5. The maximum absolute atomic E-state index is 13.4. The van der Waals surface area contributed by atoms with Crippen LogP contribution in [-0.4, -0.2) is 26.6 Å². The number of rotatable bonds is 3. The molecule has 3 aromatic rings. The first-order valence-electron chi connectivity index (χ1n) is 6.39. The van der Waals surface area contributed by atoms with Gasteiger partial charge in [0.25, 0.3) is 0 Å². The summed E-state index contributed by atoms with van der Waals surface area (Å²) >= 11 is 0. The number of methoxy groups -OCH3 is 1. The smallest absolute Gasteiger partial charge is 0.245 e. The molecule has 2 N–H and O–H groups in total. The van der Waals surface area contributed by atoms with E-state index in [-0.39, 0.29) is 17.8 Å². The van der Waals surface area contributed by atoms with Crippen molar-refractivity contribution < 1.29 is 9.13 Å². The molecule has 1 atom stereocenters. The number of nitrogen functional groups attached to an aromatic ring is 1. The van der Waals surface area contributed by atoms with E-state index in [1.165, 1.54) is 25.6 Å². The van der Waals surface area contributed by atoms with Crippen LogP contribution in [0.25, 0.3) is 11.2 Å². The van der Waals surface area contributed by atoms with Crippen LogP contribution in [0.5, 0.6) is 5.88 Å². The molecule has 0 aliphatic carbocycles. The lowest BCUT2D eigenvalue weighted by atomic mass is 10.1. The van der Waals surface area contributed by atoms with Gasteiger partial charge in [-0.05, 0) is 24.6 Å². The van der Waals surface area contributed by atoms with E-state index in [4.69, 9.17) is 10.5 Å². The number of fused-ring (bicyclic) bond motifs is 1. The van der Waals surface area contributed by atoms with Gasteiger partial charge in [0, 0.05) is 0 Å². The fourth-order valence-corrected chi connectivity index (χ4v) is 2.35. The Labute approximate surface area is 120 Å². The highest BCUT2D eigenvalue weighted by Crippen LogP contribution is 2.29. The van der Waals surface area contributed by atoms with Crippen LogP contribution in [0, 0.1) is 5.82 Å². The number of aromatic nitrogens is 4. The highest BCUT2D eigenvalue weighted by atomic mass is 19.1. The molecule has 7 heteroatoms. The minimum absolute atomic E-state index is 0.217. The Bertz CT molecular complexity index is 801. The zero-order chi connectivity index (χ0) is 15.0. The van der Waals surface area contributed by atoms with Gasteiger partial charge in [0.2, 0.25) is 11.8 Å². The first-order valence-corrected chi connectivity index (χ1v) is 6.39. The van der Waals surface area contributed by atoms with Crippen LogP contribution >= 0.6 is 0 Å². The number of hydrogen-bond acceptors (Lipinski definition) is 5. The lowest BCUT2D eigenvalue weighted by molar-refractivity contribution is 0.401. The van der Waals surface area contributed by atoms with Crippen molar-refractivity contribution in [1.29, 1.82) is 0 Å². The molecule has 2 heterocycles. The van der Waals surface area contributed by atoms with Gasteiger partial charge in [-0.2, -0.15) is 4.98 Å². The fourth-order valence-electron chi connectivity index (χ4n) is 2.35. The third-order valence-corrected chi connectivity index (χ3v) is 3.38. The molecule has 1 aromatic carbocycles. The minimum atomic E-state index is -0.297. The van der Waals surface area contributed by atoms with E-state index in [9.17, 15) is 4.39 Å². The molecule has 2 aromatic heterocycles. The third kappa shape index (κ3) is 2.16. The highest BCUT2D eigenvalue weighted by molar-refractivity contribution is 5.79. The summed E-state index contributed by atoms with van der Waals surface area (Å²) in [7, 11) is 1.51. The van der Waals surface area contributed by atoms with Crippen molar-refractivity contribution in [2.45, 2.75) is 13.0 Å². The van der Waals surface area contributed by atoms with Crippen LogP contribution in [-0.2, 0) is 0 Å². The Balaban J connectivity index is 2.18. The Morgan fingerprint density at radius 3 is 2.86 bits per heavy atom.